The van der Waals surface area contributed by atoms with Crippen LogP contribution in [0.3, 0.4) is 0 Å². The molecule has 1 fully saturated rings. The number of fused-ring (bicyclic) bond motifs is 3. The number of benzene rings is 1. The molecule has 0 spiro atoms. The molecular weight excluding hydrogens is 242 g/mol. The van der Waals surface area contributed by atoms with Gasteiger partial charge in [0.1, 0.15) is 0 Å². The maximum atomic E-state index is 3.63. The van der Waals surface area contributed by atoms with Gasteiger partial charge in [-0.05, 0) is 55.2 Å². The van der Waals surface area contributed by atoms with Crippen LogP contribution in [0.15, 0.2) is 24.3 Å². The summed E-state index contributed by atoms with van der Waals surface area (Å²) < 4.78 is 0. The molecule has 1 nitrogen and oxygen atoms in total. The van der Waals surface area contributed by atoms with E-state index in [9.17, 15) is 0 Å². The molecule has 3 rings (SSSR count). The number of nitrogens with one attached hydrogen (secondary N) is 1. The van der Waals surface area contributed by atoms with Gasteiger partial charge in [0.05, 0.1) is 0 Å². The smallest absolute Gasteiger partial charge is 0.0101 e. The average molecular weight is 271 g/mol. The fourth-order valence-electron chi connectivity index (χ4n) is 4.49. The third-order valence-corrected chi connectivity index (χ3v) is 5.59. The van der Waals surface area contributed by atoms with Crippen molar-refractivity contribution in [3.63, 3.8) is 0 Å². The van der Waals surface area contributed by atoms with Crippen molar-refractivity contribution in [2.24, 2.45) is 11.8 Å². The van der Waals surface area contributed by atoms with Crippen LogP contribution in [0.2, 0.25) is 0 Å². The van der Waals surface area contributed by atoms with Crippen molar-refractivity contribution in [3.05, 3.63) is 35.4 Å². The van der Waals surface area contributed by atoms with Crippen LogP contribution < -0.4 is 5.32 Å². The summed E-state index contributed by atoms with van der Waals surface area (Å²) in [6.45, 7) is 2.29. The summed E-state index contributed by atoms with van der Waals surface area (Å²) >= 11 is 0. The number of unbranched alkanes of at least 4 members (excludes halogenated alkanes) is 3. The van der Waals surface area contributed by atoms with Gasteiger partial charge in [-0.15, -0.1) is 0 Å². The molecule has 20 heavy (non-hydrogen) atoms. The van der Waals surface area contributed by atoms with Crippen LogP contribution >= 0.6 is 0 Å². The Balaban J connectivity index is 1.62. The molecule has 1 aromatic rings. The van der Waals surface area contributed by atoms with Crippen LogP contribution in [-0.2, 0) is 6.42 Å². The van der Waals surface area contributed by atoms with E-state index in [2.05, 4.69) is 43.6 Å². The largest absolute Gasteiger partial charge is 0.317 e. The molecule has 0 saturated heterocycles. The Morgan fingerprint density at radius 3 is 2.85 bits per heavy atom. The fraction of sp³-hybridized carbons (Fsp3) is 0.684. The highest BCUT2D eigenvalue weighted by Gasteiger charge is 2.55. The minimum atomic E-state index is 0.744. The topological polar surface area (TPSA) is 12.0 Å². The Kier molecular flexibility index (Phi) is 4.45. The summed E-state index contributed by atoms with van der Waals surface area (Å²) in [4.78, 5) is 0. The van der Waals surface area contributed by atoms with E-state index in [1.807, 2.05) is 0 Å². The summed E-state index contributed by atoms with van der Waals surface area (Å²) in [7, 11) is 2.17. The number of rotatable bonds is 7. The predicted molar refractivity (Wildman–Crippen MR) is 86.1 cm³/mol. The second kappa shape index (κ2) is 6.30. The average Bonchev–Trinajstić information content (AvgIpc) is 3.22. The molecule has 1 saturated carbocycles. The molecule has 0 aromatic heterocycles. The number of aryl methyl sites for hydroxylation is 1. The monoisotopic (exact) mass is 271 g/mol. The zero-order chi connectivity index (χ0) is 13.9. The van der Waals surface area contributed by atoms with Crippen molar-refractivity contribution >= 4 is 0 Å². The van der Waals surface area contributed by atoms with E-state index in [0.717, 1.165) is 23.8 Å². The first-order valence-corrected chi connectivity index (χ1v) is 8.62. The lowest BCUT2D eigenvalue weighted by atomic mass is 9.92. The van der Waals surface area contributed by atoms with E-state index in [1.54, 1.807) is 11.1 Å². The van der Waals surface area contributed by atoms with Gasteiger partial charge < -0.3 is 5.32 Å². The lowest BCUT2D eigenvalue weighted by molar-refractivity contribution is 0.419. The summed E-state index contributed by atoms with van der Waals surface area (Å²) in [5.41, 5.74) is 3.29. The quantitative estimate of drug-likeness (QED) is 0.719. The molecule has 4 atom stereocenters. The Morgan fingerprint density at radius 1 is 1.20 bits per heavy atom. The lowest BCUT2D eigenvalue weighted by Crippen LogP contribution is -2.28. The molecule has 4 unspecified atom stereocenters. The molecule has 0 heterocycles. The van der Waals surface area contributed by atoms with E-state index >= 15 is 0 Å². The molecule has 2 aliphatic carbocycles. The third kappa shape index (κ3) is 2.65. The number of hydrogen-bond donors (Lipinski definition) is 1. The van der Waals surface area contributed by atoms with Crippen LogP contribution in [0.4, 0.5) is 0 Å². The zero-order valence-corrected chi connectivity index (χ0v) is 13.1. The highest BCUT2D eigenvalue weighted by molar-refractivity contribution is 5.40. The standard InChI is InChI=1S/C19H29N/c1-3-4-5-6-11-17(20-2)19-16-13-12-14-9-7-8-10-15(14)18(16)19/h7-10,16-20H,3-6,11-13H2,1-2H3. The Bertz CT molecular complexity index is 439. The SMILES string of the molecule is CCCCCCC(NC)C1C2CCc3ccccc3C21. The molecule has 1 aromatic carbocycles. The van der Waals surface area contributed by atoms with Crippen molar-refractivity contribution in [2.75, 3.05) is 7.05 Å². The maximum Gasteiger partial charge on any atom is 0.0101 e. The zero-order valence-electron chi connectivity index (χ0n) is 13.1. The second-order valence-corrected chi connectivity index (χ2v) is 6.75. The van der Waals surface area contributed by atoms with Crippen LogP contribution in [0.25, 0.3) is 0 Å². The number of hydrogen-bond acceptors (Lipinski definition) is 1. The minimum Gasteiger partial charge on any atom is -0.317 e. The molecule has 0 amide bonds. The van der Waals surface area contributed by atoms with Gasteiger partial charge in [0, 0.05) is 6.04 Å². The third-order valence-electron chi connectivity index (χ3n) is 5.59. The van der Waals surface area contributed by atoms with Crippen LogP contribution in [0, 0.1) is 11.8 Å². The van der Waals surface area contributed by atoms with Gasteiger partial charge in [-0.3, -0.25) is 0 Å². The van der Waals surface area contributed by atoms with Gasteiger partial charge in [0.2, 0.25) is 0 Å². The van der Waals surface area contributed by atoms with Crippen molar-refractivity contribution in [1.29, 1.82) is 0 Å². The Morgan fingerprint density at radius 2 is 2.05 bits per heavy atom. The van der Waals surface area contributed by atoms with Gasteiger partial charge in [0.15, 0.2) is 0 Å². The van der Waals surface area contributed by atoms with E-state index < -0.39 is 0 Å². The molecule has 0 bridgehead atoms. The molecule has 2 aliphatic rings. The summed E-state index contributed by atoms with van der Waals surface area (Å²) in [5.74, 6) is 2.74. The van der Waals surface area contributed by atoms with Gasteiger partial charge in [0.25, 0.3) is 0 Å². The first kappa shape index (κ1) is 14.1. The molecular formula is C19H29N. The first-order valence-electron chi connectivity index (χ1n) is 8.62. The Hall–Kier alpha value is -0.820. The summed E-state index contributed by atoms with van der Waals surface area (Å²) in [6.07, 6.45) is 9.64. The first-order chi connectivity index (χ1) is 9.86. The fourth-order valence-corrected chi connectivity index (χ4v) is 4.49. The van der Waals surface area contributed by atoms with E-state index in [-0.39, 0.29) is 0 Å². The molecule has 110 valence electrons. The highest BCUT2D eigenvalue weighted by Crippen LogP contribution is 2.61. The molecule has 1 N–H and O–H groups in total. The second-order valence-electron chi connectivity index (χ2n) is 6.75. The normalized spacial score (nSPS) is 28.6. The maximum absolute atomic E-state index is 3.63. The molecule has 0 radical (unpaired) electrons. The van der Waals surface area contributed by atoms with Gasteiger partial charge in [-0.2, -0.15) is 0 Å². The molecule has 1 heteroatoms. The van der Waals surface area contributed by atoms with Gasteiger partial charge >= 0.3 is 0 Å². The van der Waals surface area contributed by atoms with E-state index in [4.69, 9.17) is 0 Å². The van der Waals surface area contributed by atoms with Gasteiger partial charge in [-0.25, -0.2) is 0 Å². The highest BCUT2D eigenvalue weighted by atomic mass is 14.9. The predicted octanol–water partition coefficient (Wildman–Crippen LogP) is 4.52. The van der Waals surface area contributed by atoms with Gasteiger partial charge in [-0.1, -0.05) is 56.9 Å². The van der Waals surface area contributed by atoms with E-state index in [1.165, 1.54) is 44.9 Å². The lowest BCUT2D eigenvalue weighted by Gasteiger charge is -2.16. The van der Waals surface area contributed by atoms with Crippen LogP contribution in [0.1, 0.15) is 62.5 Å². The molecule has 0 aliphatic heterocycles. The summed E-state index contributed by atoms with van der Waals surface area (Å²) in [5, 5.41) is 3.63. The van der Waals surface area contributed by atoms with Crippen LogP contribution in [-0.4, -0.2) is 13.1 Å². The van der Waals surface area contributed by atoms with Crippen molar-refractivity contribution < 1.29 is 0 Å². The summed E-state index contributed by atoms with van der Waals surface area (Å²) in [6, 6.07) is 9.91. The van der Waals surface area contributed by atoms with Crippen molar-refractivity contribution in [2.45, 2.75) is 63.8 Å². The van der Waals surface area contributed by atoms with E-state index in [0.29, 0.717) is 0 Å². The van der Waals surface area contributed by atoms with Crippen LogP contribution in [0.5, 0.6) is 0 Å². The Labute approximate surface area is 124 Å². The van der Waals surface area contributed by atoms with Crippen molar-refractivity contribution in [3.8, 4) is 0 Å². The van der Waals surface area contributed by atoms with Crippen molar-refractivity contribution in [1.82, 2.24) is 5.32 Å². The minimum absolute atomic E-state index is 0.744.